The Balaban J connectivity index is 1.55. The minimum atomic E-state index is 0.165. The zero-order chi connectivity index (χ0) is 16.0. The Morgan fingerprint density at radius 3 is 2.78 bits per heavy atom. The normalized spacial score (nSPS) is 17.5. The molecule has 1 unspecified atom stereocenters. The number of hydrogen-bond acceptors (Lipinski definition) is 3. The lowest BCUT2D eigenvalue weighted by Crippen LogP contribution is -2.51. The fourth-order valence-corrected chi connectivity index (χ4v) is 4.34. The van der Waals surface area contributed by atoms with Crippen molar-refractivity contribution >= 4 is 27.5 Å². The summed E-state index contributed by atoms with van der Waals surface area (Å²) in [5, 5.41) is 5.50. The number of aryl methyl sites for hydroxylation is 2. The van der Waals surface area contributed by atoms with Gasteiger partial charge in [0.2, 0.25) is 0 Å². The van der Waals surface area contributed by atoms with Gasteiger partial charge < -0.3 is 4.90 Å². The van der Waals surface area contributed by atoms with Crippen molar-refractivity contribution in [2.24, 2.45) is 7.05 Å². The number of rotatable bonds is 3. The second-order valence-corrected chi connectivity index (χ2v) is 7.20. The van der Waals surface area contributed by atoms with Crippen LogP contribution in [0.4, 0.5) is 0 Å². The highest BCUT2D eigenvalue weighted by atomic mass is 32.1. The SMILES string of the molecule is Cc1nn(C)c2sc(C(=O)N3CCC3Cc3ccccc3)cc12. The van der Waals surface area contributed by atoms with Gasteiger partial charge in [-0.1, -0.05) is 30.3 Å². The molecular formula is C18H19N3OS. The Labute approximate surface area is 139 Å². The fraction of sp³-hybridized carbons (Fsp3) is 0.333. The summed E-state index contributed by atoms with van der Waals surface area (Å²) in [5.74, 6) is 0.165. The molecule has 0 spiro atoms. The Morgan fingerprint density at radius 2 is 2.13 bits per heavy atom. The van der Waals surface area contributed by atoms with E-state index in [4.69, 9.17) is 0 Å². The highest BCUT2D eigenvalue weighted by Crippen LogP contribution is 2.31. The maximum Gasteiger partial charge on any atom is 0.264 e. The van der Waals surface area contributed by atoms with Gasteiger partial charge in [-0.25, -0.2) is 0 Å². The zero-order valence-corrected chi connectivity index (χ0v) is 14.1. The van der Waals surface area contributed by atoms with Gasteiger partial charge in [-0.2, -0.15) is 5.10 Å². The summed E-state index contributed by atoms with van der Waals surface area (Å²) >= 11 is 1.55. The van der Waals surface area contributed by atoms with E-state index in [0.717, 1.165) is 40.2 Å². The quantitative estimate of drug-likeness (QED) is 0.740. The molecule has 1 atom stereocenters. The molecule has 1 aliphatic rings. The van der Waals surface area contributed by atoms with Crippen molar-refractivity contribution in [3.63, 3.8) is 0 Å². The Hall–Kier alpha value is -2.14. The van der Waals surface area contributed by atoms with Crippen molar-refractivity contribution < 1.29 is 4.79 Å². The smallest absolute Gasteiger partial charge is 0.264 e. The molecule has 1 fully saturated rings. The van der Waals surface area contributed by atoms with Gasteiger partial charge in [0.1, 0.15) is 4.83 Å². The monoisotopic (exact) mass is 325 g/mol. The topological polar surface area (TPSA) is 38.1 Å². The van der Waals surface area contributed by atoms with E-state index in [0.29, 0.717) is 6.04 Å². The zero-order valence-electron chi connectivity index (χ0n) is 13.3. The van der Waals surface area contributed by atoms with Crippen molar-refractivity contribution in [3.8, 4) is 0 Å². The van der Waals surface area contributed by atoms with E-state index in [-0.39, 0.29) is 5.91 Å². The van der Waals surface area contributed by atoms with Crippen LogP contribution in [0.2, 0.25) is 0 Å². The number of carbonyl (C=O) groups excluding carboxylic acids is 1. The molecule has 1 amide bonds. The van der Waals surface area contributed by atoms with Crippen LogP contribution in [-0.4, -0.2) is 33.2 Å². The van der Waals surface area contributed by atoms with Crippen LogP contribution < -0.4 is 0 Å². The third kappa shape index (κ3) is 2.45. The molecule has 0 radical (unpaired) electrons. The number of aromatic nitrogens is 2. The van der Waals surface area contributed by atoms with Gasteiger partial charge in [-0.3, -0.25) is 9.48 Å². The second-order valence-electron chi connectivity index (χ2n) is 6.17. The van der Waals surface area contributed by atoms with Crippen molar-refractivity contribution in [2.75, 3.05) is 6.54 Å². The second kappa shape index (κ2) is 5.49. The summed E-state index contributed by atoms with van der Waals surface area (Å²) in [6, 6.07) is 12.7. The van der Waals surface area contributed by atoms with Crippen LogP contribution in [0.3, 0.4) is 0 Å². The van der Waals surface area contributed by atoms with Crippen LogP contribution in [0.1, 0.15) is 27.3 Å². The average Bonchev–Trinajstić information content (AvgIpc) is 3.07. The molecule has 0 N–H and O–H groups in total. The van der Waals surface area contributed by atoms with E-state index in [2.05, 4.69) is 29.4 Å². The number of thiophene rings is 1. The third-order valence-electron chi connectivity index (χ3n) is 4.63. The van der Waals surface area contributed by atoms with Crippen molar-refractivity contribution in [2.45, 2.75) is 25.8 Å². The molecule has 0 saturated carbocycles. The molecule has 4 rings (SSSR count). The van der Waals surface area contributed by atoms with E-state index in [1.807, 2.05) is 35.7 Å². The van der Waals surface area contributed by atoms with E-state index in [1.54, 1.807) is 11.3 Å². The third-order valence-corrected chi connectivity index (χ3v) is 5.82. The summed E-state index contributed by atoms with van der Waals surface area (Å²) in [7, 11) is 1.93. The van der Waals surface area contributed by atoms with Gasteiger partial charge in [0.05, 0.1) is 10.6 Å². The van der Waals surface area contributed by atoms with E-state index in [9.17, 15) is 4.79 Å². The van der Waals surface area contributed by atoms with Gasteiger partial charge in [-0.15, -0.1) is 11.3 Å². The molecule has 0 bridgehead atoms. The Morgan fingerprint density at radius 1 is 1.35 bits per heavy atom. The summed E-state index contributed by atoms with van der Waals surface area (Å²) in [6.07, 6.45) is 2.03. The summed E-state index contributed by atoms with van der Waals surface area (Å²) in [4.78, 5) is 16.7. The molecule has 0 aliphatic carbocycles. The minimum absolute atomic E-state index is 0.165. The lowest BCUT2D eigenvalue weighted by atomic mass is 9.95. The molecule has 4 nitrogen and oxygen atoms in total. The highest BCUT2D eigenvalue weighted by molar-refractivity contribution is 7.20. The van der Waals surface area contributed by atoms with Gasteiger partial charge in [0, 0.05) is 25.0 Å². The molecule has 3 aromatic rings. The fourth-order valence-electron chi connectivity index (χ4n) is 3.26. The summed E-state index contributed by atoms with van der Waals surface area (Å²) in [5.41, 5.74) is 2.29. The first kappa shape index (κ1) is 14.5. The number of benzene rings is 1. The lowest BCUT2D eigenvalue weighted by Gasteiger charge is -2.41. The average molecular weight is 325 g/mol. The number of amides is 1. The number of likely N-dealkylation sites (tertiary alicyclic amines) is 1. The molecular weight excluding hydrogens is 306 g/mol. The van der Waals surface area contributed by atoms with Crippen LogP contribution >= 0.6 is 11.3 Å². The van der Waals surface area contributed by atoms with Crippen molar-refractivity contribution in [1.82, 2.24) is 14.7 Å². The molecule has 2 aromatic heterocycles. The van der Waals surface area contributed by atoms with Gasteiger partial charge in [0.25, 0.3) is 5.91 Å². The van der Waals surface area contributed by atoms with Gasteiger partial charge in [-0.05, 0) is 31.4 Å². The highest BCUT2D eigenvalue weighted by Gasteiger charge is 2.33. The molecule has 3 heterocycles. The van der Waals surface area contributed by atoms with Crippen LogP contribution in [-0.2, 0) is 13.5 Å². The number of nitrogens with zero attached hydrogens (tertiary/aromatic N) is 3. The molecule has 118 valence electrons. The first-order valence-electron chi connectivity index (χ1n) is 7.91. The van der Waals surface area contributed by atoms with E-state index < -0.39 is 0 Å². The number of hydrogen-bond donors (Lipinski definition) is 0. The van der Waals surface area contributed by atoms with Gasteiger partial charge >= 0.3 is 0 Å². The predicted octanol–water partition coefficient (Wildman–Crippen LogP) is 3.40. The van der Waals surface area contributed by atoms with E-state index in [1.165, 1.54) is 5.56 Å². The molecule has 1 aromatic carbocycles. The first-order chi connectivity index (χ1) is 11.1. The van der Waals surface area contributed by atoms with Gasteiger partial charge in [0.15, 0.2) is 0 Å². The first-order valence-corrected chi connectivity index (χ1v) is 8.73. The number of carbonyl (C=O) groups is 1. The maximum atomic E-state index is 12.8. The molecule has 5 heteroatoms. The lowest BCUT2D eigenvalue weighted by molar-refractivity contribution is 0.0470. The van der Waals surface area contributed by atoms with Crippen LogP contribution in [0.5, 0.6) is 0 Å². The molecule has 1 aliphatic heterocycles. The minimum Gasteiger partial charge on any atom is -0.334 e. The van der Waals surface area contributed by atoms with Crippen LogP contribution in [0.15, 0.2) is 36.4 Å². The molecule has 23 heavy (non-hydrogen) atoms. The Kier molecular flexibility index (Phi) is 3.45. The van der Waals surface area contributed by atoms with E-state index >= 15 is 0 Å². The standard InChI is InChI=1S/C18H19N3OS/c1-12-15-11-16(23-18(15)20(2)19-12)17(22)21-9-8-14(21)10-13-6-4-3-5-7-13/h3-7,11,14H,8-10H2,1-2H3. The Bertz CT molecular complexity index is 831. The summed E-state index contributed by atoms with van der Waals surface area (Å²) < 4.78 is 1.86. The number of fused-ring (bicyclic) bond motifs is 1. The predicted molar refractivity (Wildman–Crippen MR) is 92.9 cm³/mol. The largest absolute Gasteiger partial charge is 0.334 e. The van der Waals surface area contributed by atoms with Crippen molar-refractivity contribution in [3.05, 3.63) is 52.5 Å². The molecule has 1 saturated heterocycles. The maximum absolute atomic E-state index is 12.8. The van der Waals surface area contributed by atoms with Crippen LogP contribution in [0.25, 0.3) is 10.2 Å². The van der Waals surface area contributed by atoms with Crippen molar-refractivity contribution in [1.29, 1.82) is 0 Å². The van der Waals surface area contributed by atoms with Crippen LogP contribution in [0, 0.1) is 6.92 Å². The summed E-state index contributed by atoms with van der Waals surface area (Å²) in [6.45, 7) is 2.85.